The molecular formula is C16H22N4. The van der Waals surface area contributed by atoms with Gasteiger partial charge in [-0.25, -0.2) is 4.98 Å². The Bertz CT molecular complexity index is 581. The zero-order valence-corrected chi connectivity index (χ0v) is 12.2. The highest BCUT2D eigenvalue weighted by molar-refractivity contribution is 5.43. The highest BCUT2D eigenvalue weighted by Gasteiger charge is 2.44. The van der Waals surface area contributed by atoms with Crippen LogP contribution in [0.15, 0.2) is 36.7 Å². The molecule has 1 aliphatic rings. The van der Waals surface area contributed by atoms with Gasteiger partial charge in [-0.05, 0) is 37.6 Å². The quantitative estimate of drug-likeness (QED) is 0.847. The van der Waals surface area contributed by atoms with Gasteiger partial charge in [0.15, 0.2) is 0 Å². The van der Waals surface area contributed by atoms with E-state index in [0.29, 0.717) is 5.41 Å². The number of nitrogen functional groups attached to an aromatic ring is 1. The van der Waals surface area contributed by atoms with Gasteiger partial charge in [-0.15, -0.1) is 0 Å². The van der Waals surface area contributed by atoms with Crippen molar-refractivity contribution in [2.45, 2.75) is 24.8 Å². The molecule has 0 saturated heterocycles. The average molecular weight is 270 g/mol. The van der Waals surface area contributed by atoms with Crippen molar-refractivity contribution in [3.8, 4) is 0 Å². The Labute approximate surface area is 120 Å². The number of nitrogens with zero attached hydrogens (tertiary/aromatic N) is 3. The molecule has 0 atom stereocenters. The summed E-state index contributed by atoms with van der Waals surface area (Å²) in [6.45, 7) is 1.96. The van der Waals surface area contributed by atoms with Gasteiger partial charge < -0.3 is 10.3 Å². The van der Waals surface area contributed by atoms with E-state index >= 15 is 0 Å². The first-order valence-corrected chi connectivity index (χ1v) is 7.10. The average Bonchev–Trinajstić information content (AvgIpc) is 3.08. The largest absolute Gasteiger partial charge is 0.399 e. The van der Waals surface area contributed by atoms with Gasteiger partial charge in [0.2, 0.25) is 0 Å². The smallest absolute Gasteiger partial charge is 0.122 e. The summed E-state index contributed by atoms with van der Waals surface area (Å²) in [6, 6.07) is 8.37. The fourth-order valence-corrected chi connectivity index (χ4v) is 2.89. The van der Waals surface area contributed by atoms with Crippen molar-refractivity contribution in [2.24, 2.45) is 7.05 Å². The van der Waals surface area contributed by atoms with E-state index in [4.69, 9.17) is 5.73 Å². The fraction of sp³-hybridized carbons (Fsp3) is 0.438. The van der Waals surface area contributed by atoms with E-state index in [1.54, 1.807) is 0 Å². The highest BCUT2D eigenvalue weighted by atomic mass is 15.2. The lowest BCUT2D eigenvalue weighted by Gasteiger charge is -2.24. The number of aryl methyl sites for hydroxylation is 1. The monoisotopic (exact) mass is 270 g/mol. The number of likely N-dealkylation sites (N-methyl/N-ethyl adjacent to an activating group) is 1. The first kappa shape index (κ1) is 13.2. The van der Waals surface area contributed by atoms with Gasteiger partial charge in [0.1, 0.15) is 5.82 Å². The Morgan fingerprint density at radius 1 is 1.30 bits per heavy atom. The lowest BCUT2D eigenvalue weighted by Crippen LogP contribution is -2.29. The molecule has 0 bridgehead atoms. The minimum Gasteiger partial charge on any atom is -0.399 e. The molecule has 2 N–H and O–H groups in total. The van der Waals surface area contributed by atoms with Crippen LogP contribution in [0.2, 0.25) is 0 Å². The summed E-state index contributed by atoms with van der Waals surface area (Å²) in [4.78, 5) is 6.76. The van der Waals surface area contributed by atoms with Crippen LogP contribution in [0.1, 0.15) is 24.2 Å². The van der Waals surface area contributed by atoms with Crippen LogP contribution in [-0.2, 0) is 19.0 Å². The van der Waals surface area contributed by atoms with Crippen molar-refractivity contribution in [1.29, 1.82) is 0 Å². The van der Waals surface area contributed by atoms with Crippen LogP contribution in [0.25, 0.3) is 0 Å². The Kier molecular flexibility index (Phi) is 3.26. The third-order valence-corrected chi connectivity index (χ3v) is 4.28. The topological polar surface area (TPSA) is 47.1 Å². The molecule has 106 valence electrons. The predicted molar refractivity (Wildman–Crippen MR) is 81.3 cm³/mol. The van der Waals surface area contributed by atoms with Gasteiger partial charge >= 0.3 is 0 Å². The Balaban J connectivity index is 1.68. The third-order valence-electron chi connectivity index (χ3n) is 4.28. The number of anilines is 1. The molecule has 3 rings (SSSR count). The van der Waals surface area contributed by atoms with Crippen molar-refractivity contribution in [3.63, 3.8) is 0 Å². The zero-order valence-electron chi connectivity index (χ0n) is 12.2. The molecule has 2 aromatic rings. The molecule has 1 saturated carbocycles. The number of imidazole rings is 1. The SMILES string of the molecule is CN(Cc1nccn1C)CC1(c2ccc(N)cc2)CC1. The van der Waals surface area contributed by atoms with Crippen LogP contribution in [0.5, 0.6) is 0 Å². The minimum atomic E-state index is 0.327. The molecule has 0 aliphatic heterocycles. The second-order valence-corrected chi connectivity index (χ2v) is 6.03. The van der Waals surface area contributed by atoms with Crippen molar-refractivity contribution in [2.75, 3.05) is 19.3 Å². The van der Waals surface area contributed by atoms with Crippen molar-refractivity contribution < 1.29 is 0 Å². The van der Waals surface area contributed by atoms with Crippen LogP contribution < -0.4 is 5.73 Å². The summed E-state index contributed by atoms with van der Waals surface area (Å²) in [5, 5.41) is 0. The van der Waals surface area contributed by atoms with Gasteiger partial charge in [-0.1, -0.05) is 12.1 Å². The second-order valence-electron chi connectivity index (χ2n) is 6.03. The number of hydrogen-bond acceptors (Lipinski definition) is 3. The zero-order chi connectivity index (χ0) is 14.2. The molecule has 4 heteroatoms. The van der Waals surface area contributed by atoms with Gasteiger partial charge in [0, 0.05) is 37.1 Å². The van der Waals surface area contributed by atoms with Crippen molar-refractivity contribution in [1.82, 2.24) is 14.5 Å². The van der Waals surface area contributed by atoms with E-state index in [1.165, 1.54) is 18.4 Å². The van der Waals surface area contributed by atoms with Crippen LogP contribution in [0.3, 0.4) is 0 Å². The molecule has 0 unspecified atom stereocenters. The van der Waals surface area contributed by atoms with Gasteiger partial charge in [-0.3, -0.25) is 4.90 Å². The van der Waals surface area contributed by atoms with Gasteiger partial charge in [-0.2, -0.15) is 0 Å². The van der Waals surface area contributed by atoms with E-state index in [0.717, 1.165) is 24.6 Å². The summed E-state index contributed by atoms with van der Waals surface area (Å²) in [7, 11) is 4.22. The summed E-state index contributed by atoms with van der Waals surface area (Å²) in [5.74, 6) is 1.11. The number of benzene rings is 1. The fourth-order valence-electron chi connectivity index (χ4n) is 2.89. The van der Waals surface area contributed by atoms with Gasteiger partial charge in [0.25, 0.3) is 0 Å². The molecule has 0 amide bonds. The van der Waals surface area contributed by atoms with E-state index < -0.39 is 0 Å². The van der Waals surface area contributed by atoms with Crippen LogP contribution in [-0.4, -0.2) is 28.0 Å². The molecular weight excluding hydrogens is 248 g/mol. The summed E-state index contributed by atoms with van der Waals surface area (Å²) in [6.07, 6.45) is 6.38. The Hall–Kier alpha value is -1.81. The summed E-state index contributed by atoms with van der Waals surface area (Å²) >= 11 is 0. The molecule has 1 heterocycles. The number of hydrogen-bond donors (Lipinski definition) is 1. The minimum absolute atomic E-state index is 0.327. The maximum absolute atomic E-state index is 5.78. The van der Waals surface area contributed by atoms with Gasteiger partial charge in [0.05, 0.1) is 6.54 Å². The first-order valence-electron chi connectivity index (χ1n) is 7.10. The highest BCUT2D eigenvalue weighted by Crippen LogP contribution is 2.48. The molecule has 1 fully saturated rings. The maximum Gasteiger partial charge on any atom is 0.122 e. The lowest BCUT2D eigenvalue weighted by molar-refractivity contribution is 0.285. The molecule has 1 aliphatic carbocycles. The Morgan fingerprint density at radius 2 is 2.00 bits per heavy atom. The van der Waals surface area contributed by atoms with Crippen LogP contribution >= 0.6 is 0 Å². The second kappa shape index (κ2) is 4.94. The summed E-state index contributed by atoms with van der Waals surface area (Å²) < 4.78 is 2.08. The van der Waals surface area contributed by atoms with E-state index in [9.17, 15) is 0 Å². The first-order chi connectivity index (χ1) is 9.59. The number of aromatic nitrogens is 2. The molecule has 0 radical (unpaired) electrons. The number of rotatable bonds is 5. The maximum atomic E-state index is 5.78. The van der Waals surface area contributed by atoms with E-state index in [1.807, 2.05) is 31.6 Å². The third kappa shape index (κ3) is 2.56. The standard InChI is InChI=1S/C16H22N4/c1-19(11-15-18-9-10-20(15)2)12-16(7-8-16)13-3-5-14(17)6-4-13/h3-6,9-10H,7-8,11-12,17H2,1-2H3. The van der Waals surface area contributed by atoms with E-state index in [2.05, 4.69) is 33.6 Å². The number of nitrogens with two attached hydrogens (primary N) is 1. The molecule has 1 aromatic heterocycles. The summed E-state index contributed by atoms with van der Waals surface area (Å²) in [5.41, 5.74) is 8.36. The molecule has 1 aromatic carbocycles. The Morgan fingerprint density at radius 3 is 2.55 bits per heavy atom. The molecule has 20 heavy (non-hydrogen) atoms. The molecule has 4 nitrogen and oxygen atoms in total. The normalized spacial score (nSPS) is 16.6. The van der Waals surface area contributed by atoms with Crippen molar-refractivity contribution in [3.05, 3.63) is 48.0 Å². The molecule has 0 spiro atoms. The lowest BCUT2D eigenvalue weighted by atomic mass is 9.95. The van der Waals surface area contributed by atoms with E-state index in [-0.39, 0.29) is 0 Å². The van der Waals surface area contributed by atoms with Crippen LogP contribution in [0, 0.1) is 0 Å². The van der Waals surface area contributed by atoms with Crippen LogP contribution in [0.4, 0.5) is 5.69 Å². The predicted octanol–water partition coefficient (Wildman–Crippen LogP) is 2.17. The van der Waals surface area contributed by atoms with Crippen molar-refractivity contribution >= 4 is 5.69 Å².